The third-order valence-corrected chi connectivity index (χ3v) is 3.44. The number of carboxylic acids is 1. The van der Waals surface area contributed by atoms with Crippen LogP contribution in [0.4, 0.5) is 5.13 Å². The molecule has 0 aliphatic rings. The van der Waals surface area contributed by atoms with Gasteiger partial charge >= 0.3 is 5.97 Å². The van der Waals surface area contributed by atoms with Gasteiger partial charge in [-0.05, 0) is 30.5 Å². The number of hydrogen-bond donors (Lipinski definition) is 2. The summed E-state index contributed by atoms with van der Waals surface area (Å²) in [6.07, 6.45) is 0.686. The van der Waals surface area contributed by atoms with Crippen LogP contribution in [0.2, 0.25) is 0 Å². The Morgan fingerprint density at radius 3 is 2.78 bits per heavy atom. The number of aryl methyl sites for hydroxylation is 2. The van der Waals surface area contributed by atoms with Gasteiger partial charge in [-0.2, -0.15) is 0 Å². The lowest BCUT2D eigenvalue weighted by molar-refractivity contribution is -0.136. The zero-order valence-corrected chi connectivity index (χ0v) is 10.7. The van der Waals surface area contributed by atoms with Gasteiger partial charge in [0.2, 0.25) is 5.13 Å². The Bertz CT molecular complexity index is 580. The Labute approximate surface area is 108 Å². The van der Waals surface area contributed by atoms with Crippen LogP contribution in [0.5, 0.6) is 0 Å². The van der Waals surface area contributed by atoms with E-state index in [4.69, 9.17) is 10.8 Å². The highest BCUT2D eigenvalue weighted by atomic mass is 32.1. The second kappa shape index (κ2) is 5.14. The molecule has 0 fully saturated rings. The molecule has 0 saturated heterocycles. The molecule has 1 heterocycles. The zero-order valence-electron chi connectivity index (χ0n) is 9.88. The van der Waals surface area contributed by atoms with E-state index in [9.17, 15) is 4.79 Å². The normalized spacial score (nSPS) is 10.5. The number of hydrogen-bond acceptors (Lipinski definition) is 5. The monoisotopic (exact) mass is 263 g/mol. The molecule has 6 heteroatoms. The van der Waals surface area contributed by atoms with Crippen LogP contribution in [0, 0.1) is 6.92 Å². The van der Waals surface area contributed by atoms with Gasteiger partial charge in [-0.3, -0.25) is 4.79 Å². The lowest BCUT2D eigenvalue weighted by atomic mass is 10.0. The molecule has 0 aliphatic carbocycles. The van der Waals surface area contributed by atoms with E-state index in [1.807, 2.05) is 25.1 Å². The van der Waals surface area contributed by atoms with Gasteiger partial charge in [0.15, 0.2) is 0 Å². The summed E-state index contributed by atoms with van der Waals surface area (Å²) in [7, 11) is 0. The number of aromatic nitrogens is 2. The summed E-state index contributed by atoms with van der Waals surface area (Å²) < 4.78 is 0. The summed E-state index contributed by atoms with van der Waals surface area (Å²) in [5.74, 6) is -0.782. The van der Waals surface area contributed by atoms with Crippen molar-refractivity contribution in [3.8, 4) is 10.6 Å². The van der Waals surface area contributed by atoms with Crippen LogP contribution in [0.15, 0.2) is 18.2 Å². The average Bonchev–Trinajstić information content (AvgIpc) is 2.74. The summed E-state index contributed by atoms with van der Waals surface area (Å²) in [6, 6.07) is 5.84. The first-order valence-electron chi connectivity index (χ1n) is 5.47. The molecule has 2 rings (SSSR count). The first-order chi connectivity index (χ1) is 8.56. The molecule has 0 atom stereocenters. The van der Waals surface area contributed by atoms with Crippen molar-refractivity contribution in [2.75, 3.05) is 5.73 Å². The quantitative estimate of drug-likeness (QED) is 0.881. The van der Waals surface area contributed by atoms with Crippen LogP contribution in [0.3, 0.4) is 0 Å². The van der Waals surface area contributed by atoms with Gasteiger partial charge in [0.05, 0.1) is 0 Å². The van der Waals surface area contributed by atoms with E-state index in [1.54, 1.807) is 0 Å². The van der Waals surface area contributed by atoms with Crippen molar-refractivity contribution in [2.24, 2.45) is 0 Å². The van der Waals surface area contributed by atoms with Crippen LogP contribution in [-0.2, 0) is 11.2 Å². The molecule has 3 N–H and O–H groups in total. The number of benzene rings is 1. The molecular formula is C12H13N3O2S. The van der Waals surface area contributed by atoms with Crippen molar-refractivity contribution in [3.05, 3.63) is 29.3 Å². The van der Waals surface area contributed by atoms with Gasteiger partial charge in [0, 0.05) is 12.0 Å². The maximum absolute atomic E-state index is 10.5. The SMILES string of the molecule is Cc1cc(-c2nnc(N)s2)ccc1CCC(=O)O. The first-order valence-corrected chi connectivity index (χ1v) is 6.28. The fraction of sp³-hybridized carbons (Fsp3) is 0.250. The molecule has 0 radical (unpaired) electrons. The van der Waals surface area contributed by atoms with E-state index >= 15 is 0 Å². The van der Waals surface area contributed by atoms with Gasteiger partial charge in [-0.1, -0.05) is 23.5 Å². The molecule has 5 nitrogen and oxygen atoms in total. The Balaban J connectivity index is 2.22. The molecule has 2 aromatic rings. The minimum atomic E-state index is -0.782. The number of carboxylic acid groups (broad SMARTS) is 1. The summed E-state index contributed by atoms with van der Waals surface area (Å²) in [5.41, 5.74) is 8.60. The predicted molar refractivity (Wildman–Crippen MR) is 70.5 cm³/mol. The Morgan fingerprint density at radius 2 is 2.22 bits per heavy atom. The number of nitrogen functional groups attached to an aromatic ring is 1. The fourth-order valence-corrected chi connectivity index (χ4v) is 2.31. The summed E-state index contributed by atoms with van der Waals surface area (Å²) in [4.78, 5) is 10.5. The molecule has 0 bridgehead atoms. The molecule has 0 amide bonds. The maximum atomic E-state index is 10.5. The van der Waals surface area contributed by atoms with E-state index in [0.29, 0.717) is 11.6 Å². The standard InChI is InChI=1S/C12H13N3O2S/c1-7-6-9(11-14-15-12(13)18-11)3-2-8(7)4-5-10(16)17/h2-3,6H,4-5H2,1H3,(H2,13,15)(H,16,17). The smallest absolute Gasteiger partial charge is 0.303 e. The maximum Gasteiger partial charge on any atom is 0.303 e. The van der Waals surface area contributed by atoms with Gasteiger partial charge < -0.3 is 10.8 Å². The van der Waals surface area contributed by atoms with Crippen LogP contribution in [0.25, 0.3) is 10.6 Å². The number of nitrogens with two attached hydrogens (primary N) is 1. The van der Waals surface area contributed by atoms with E-state index in [1.165, 1.54) is 11.3 Å². The van der Waals surface area contributed by atoms with E-state index in [-0.39, 0.29) is 6.42 Å². The van der Waals surface area contributed by atoms with Gasteiger partial charge in [-0.15, -0.1) is 10.2 Å². The molecule has 1 aromatic heterocycles. The van der Waals surface area contributed by atoms with Crippen molar-refractivity contribution in [2.45, 2.75) is 19.8 Å². The van der Waals surface area contributed by atoms with Gasteiger partial charge in [-0.25, -0.2) is 0 Å². The Morgan fingerprint density at radius 1 is 1.44 bits per heavy atom. The highest BCUT2D eigenvalue weighted by Crippen LogP contribution is 2.26. The summed E-state index contributed by atoms with van der Waals surface area (Å²) >= 11 is 1.34. The lowest BCUT2D eigenvalue weighted by Crippen LogP contribution is -1.99. The Kier molecular flexibility index (Phi) is 3.57. The number of aliphatic carboxylic acids is 1. The van der Waals surface area contributed by atoms with Crippen LogP contribution >= 0.6 is 11.3 Å². The van der Waals surface area contributed by atoms with Crippen molar-refractivity contribution in [3.63, 3.8) is 0 Å². The van der Waals surface area contributed by atoms with Crippen molar-refractivity contribution in [1.82, 2.24) is 10.2 Å². The zero-order chi connectivity index (χ0) is 13.1. The molecule has 0 saturated carbocycles. The number of rotatable bonds is 4. The average molecular weight is 263 g/mol. The van der Waals surface area contributed by atoms with Gasteiger partial charge in [0.25, 0.3) is 0 Å². The summed E-state index contributed by atoms with van der Waals surface area (Å²) in [6.45, 7) is 1.96. The van der Waals surface area contributed by atoms with E-state index < -0.39 is 5.97 Å². The molecule has 0 unspecified atom stereocenters. The fourth-order valence-electron chi connectivity index (χ4n) is 1.70. The minimum Gasteiger partial charge on any atom is -0.481 e. The highest BCUT2D eigenvalue weighted by Gasteiger charge is 2.07. The number of anilines is 1. The summed E-state index contributed by atoms with van der Waals surface area (Å²) in [5, 5.41) is 17.6. The second-order valence-corrected chi connectivity index (χ2v) is 4.99. The van der Waals surface area contributed by atoms with E-state index in [2.05, 4.69) is 10.2 Å². The largest absolute Gasteiger partial charge is 0.481 e. The molecule has 1 aromatic carbocycles. The first kappa shape index (κ1) is 12.5. The molecule has 94 valence electrons. The van der Waals surface area contributed by atoms with Crippen LogP contribution in [0.1, 0.15) is 17.5 Å². The minimum absolute atomic E-state index is 0.145. The van der Waals surface area contributed by atoms with E-state index in [0.717, 1.165) is 21.7 Å². The number of carbonyl (C=O) groups is 1. The third-order valence-electron chi connectivity index (χ3n) is 2.64. The molecule has 0 aliphatic heterocycles. The molecular weight excluding hydrogens is 250 g/mol. The third kappa shape index (κ3) is 2.84. The topological polar surface area (TPSA) is 89.1 Å². The van der Waals surface area contributed by atoms with Crippen molar-refractivity contribution >= 4 is 22.4 Å². The predicted octanol–water partition coefficient (Wildman–Crippen LogP) is 2.11. The molecule has 0 spiro atoms. The number of nitrogens with zero attached hydrogens (tertiary/aromatic N) is 2. The van der Waals surface area contributed by atoms with Gasteiger partial charge in [0.1, 0.15) is 5.01 Å². The Hall–Kier alpha value is -1.95. The van der Waals surface area contributed by atoms with Crippen molar-refractivity contribution in [1.29, 1.82) is 0 Å². The van der Waals surface area contributed by atoms with Crippen molar-refractivity contribution < 1.29 is 9.90 Å². The van der Waals surface area contributed by atoms with Crippen LogP contribution < -0.4 is 5.73 Å². The second-order valence-electron chi connectivity index (χ2n) is 3.98. The highest BCUT2D eigenvalue weighted by molar-refractivity contribution is 7.18. The molecule has 18 heavy (non-hydrogen) atoms. The van der Waals surface area contributed by atoms with Crippen LogP contribution in [-0.4, -0.2) is 21.3 Å². The lowest BCUT2D eigenvalue weighted by Gasteiger charge is -2.05.